The quantitative estimate of drug-likeness (QED) is 0.484. The molecule has 2 aliphatic carbocycles. The molecule has 2 aliphatic rings. The fourth-order valence-corrected chi connectivity index (χ4v) is 1.04. The second-order valence-electron chi connectivity index (χ2n) is 2.71. The molecule has 0 N–H and O–H groups in total. The zero-order valence-electron chi connectivity index (χ0n) is 7.92. The third-order valence-corrected chi connectivity index (χ3v) is 2.05. The molecule has 0 fully saturated rings. The van der Waals surface area contributed by atoms with E-state index in [1.807, 2.05) is 22.6 Å². The number of rotatable bonds is 2. The van der Waals surface area contributed by atoms with Gasteiger partial charge in [-0.25, -0.2) is 4.79 Å². The summed E-state index contributed by atoms with van der Waals surface area (Å²) in [7, 11) is 0. The largest absolute Gasteiger partial charge is 0.462 e. The monoisotopic (exact) mass is 302 g/mol. The fourth-order valence-electron chi connectivity index (χ4n) is 0.885. The van der Waals surface area contributed by atoms with E-state index < -0.39 is 0 Å². The number of carbonyl (C=O) groups is 1. The van der Waals surface area contributed by atoms with Gasteiger partial charge in [0.2, 0.25) is 0 Å². The van der Waals surface area contributed by atoms with Gasteiger partial charge in [-0.2, -0.15) is 0 Å². The van der Waals surface area contributed by atoms with Crippen LogP contribution in [-0.2, 0) is 9.53 Å². The van der Waals surface area contributed by atoms with Gasteiger partial charge in [0.15, 0.2) is 0 Å². The van der Waals surface area contributed by atoms with Gasteiger partial charge in [-0.05, 0) is 46.7 Å². The minimum Gasteiger partial charge on any atom is -0.462 e. The van der Waals surface area contributed by atoms with Crippen molar-refractivity contribution in [2.24, 2.45) is 0 Å². The molecule has 14 heavy (non-hydrogen) atoms. The summed E-state index contributed by atoms with van der Waals surface area (Å²) in [5.41, 5.74) is 2.85. The smallest absolute Gasteiger partial charge is 0.343 e. The maximum absolute atomic E-state index is 10.4. The lowest BCUT2D eigenvalue weighted by Crippen LogP contribution is -2.01. The number of ether oxygens (including phenoxy) is 1. The first-order valence-electron chi connectivity index (χ1n) is 4.27. The summed E-state index contributed by atoms with van der Waals surface area (Å²) in [6, 6.07) is 8.48. The number of hydrogen-bond donors (Lipinski definition) is 0. The number of halogens is 1. The molecule has 0 aromatic carbocycles. The molecule has 74 valence electrons. The van der Waals surface area contributed by atoms with Crippen LogP contribution in [0.2, 0.25) is 0 Å². The van der Waals surface area contributed by atoms with E-state index >= 15 is 0 Å². The Bertz CT molecular complexity index is 341. The Labute approximate surface area is 97.1 Å². The summed E-state index contributed by atoms with van der Waals surface area (Å²) in [4.78, 5) is 10.4. The maximum atomic E-state index is 10.4. The maximum Gasteiger partial charge on any atom is 0.343 e. The van der Waals surface area contributed by atoms with Crippen LogP contribution in [0.5, 0.6) is 0 Å². The van der Waals surface area contributed by atoms with Crippen LogP contribution in [0.15, 0.2) is 34.4 Å². The molecule has 0 saturated heterocycles. The fraction of sp³-hybridized carbons (Fsp3) is 0.182. The molecule has 0 amide bonds. The summed E-state index contributed by atoms with van der Waals surface area (Å²) in [5, 5.41) is 0. The first-order chi connectivity index (χ1) is 6.65. The Hall–Kier alpha value is -0.840. The Morgan fingerprint density at radius 3 is 2.21 bits per heavy atom. The summed E-state index contributed by atoms with van der Waals surface area (Å²) in [6.07, 6.45) is 0. The van der Waals surface area contributed by atoms with Crippen molar-refractivity contribution in [1.29, 1.82) is 0 Å². The van der Waals surface area contributed by atoms with E-state index in [9.17, 15) is 4.79 Å². The van der Waals surface area contributed by atoms with Crippen molar-refractivity contribution < 1.29 is 9.53 Å². The van der Waals surface area contributed by atoms with E-state index in [0.29, 0.717) is 10.2 Å². The van der Waals surface area contributed by atoms with Gasteiger partial charge < -0.3 is 4.74 Å². The first-order valence-corrected chi connectivity index (χ1v) is 5.35. The van der Waals surface area contributed by atoms with Crippen molar-refractivity contribution in [3.63, 3.8) is 0 Å². The Morgan fingerprint density at radius 2 is 2.07 bits per heavy atom. The second-order valence-corrected chi connectivity index (χ2v) is 4.01. The zero-order valence-corrected chi connectivity index (χ0v) is 10.1. The van der Waals surface area contributed by atoms with Gasteiger partial charge in [0.1, 0.15) is 0 Å². The van der Waals surface area contributed by atoms with Gasteiger partial charge in [0.05, 0.1) is 10.2 Å². The number of esters is 1. The van der Waals surface area contributed by atoms with Crippen LogP contribution < -0.4 is 0 Å². The molecule has 0 heterocycles. The van der Waals surface area contributed by atoms with E-state index in [1.54, 1.807) is 6.92 Å². The van der Waals surface area contributed by atoms with E-state index in [-0.39, 0.29) is 5.97 Å². The summed E-state index contributed by atoms with van der Waals surface area (Å²) in [5.74, 6) is -0.326. The van der Waals surface area contributed by atoms with Crippen molar-refractivity contribution in [2.45, 2.75) is 6.92 Å². The van der Waals surface area contributed by atoms with Gasteiger partial charge >= 0.3 is 5.97 Å². The normalized spacial score (nSPS) is 9.57. The minimum atomic E-state index is -0.326. The van der Waals surface area contributed by atoms with Crippen molar-refractivity contribution in [2.75, 3.05) is 6.61 Å². The molecule has 2 rings (SSSR count). The molecule has 2 nitrogen and oxygen atoms in total. The lowest BCUT2D eigenvalue weighted by atomic mass is 10.6. The number of hydrogen-bond acceptors (Lipinski definition) is 2. The van der Waals surface area contributed by atoms with E-state index in [2.05, 4.69) is 35.6 Å². The minimum absolute atomic E-state index is 0.326. The SMILES string of the molecule is C=C(I)C(=O)OCC.c1cc2cc-2c1. The van der Waals surface area contributed by atoms with Gasteiger partial charge in [0.25, 0.3) is 0 Å². The Kier molecular flexibility index (Phi) is 4.13. The number of carbonyl (C=O) groups excluding carboxylic acids is 1. The summed E-state index contributed by atoms with van der Waals surface area (Å²) in [6.45, 7) is 5.56. The third-order valence-electron chi connectivity index (χ3n) is 1.61. The van der Waals surface area contributed by atoms with Crippen molar-refractivity contribution >= 4 is 28.6 Å². The standard InChI is InChI=1S/C6H4.C5H7IO2/c1-2-5-4-6(5)3-1;1-3-8-5(7)4(2)6/h1-4H;2-3H2,1H3. The molecule has 0 bridgehead atoms. The van der Waals surface area contributed by atoms with Gasteiger partial charge in [-0.15, -0.1) is 0 Å². The van der Waals surface area contributed by atoms with Crippen molar-refractivity contribution in [1.82, 2.24) is 0 Å². The van der Waals surface area contributed by atoms with Gasteiger partial charge in [0, 0.05) is 0 Å². The molecule has 0 atom stereocenters. The highest BCUT2D eigenvalue weighted by Crippen LogP contribution is 2.32. The first kappa shape index (κ1) is 11.2. The highest BCUT2D eigenvalue weighted by molar-refractivity contribution is 14.1. The Morgan fingerprint density at radius 1 is 1.50 bits per heavy atom. The lowest BCUT2D eigenvalue weighted by Gasteiger charge is -1.95. The summed E-state index contributed by atoms with van der Waals surface area (Å²) < 4.78 is 4.98. The van der Waals surface area contributed by atoms with E-state index in [0.717, 1.165) is 0 Å². The molecule has 0 unspecified atom stereocenters. The van der Waals surface area contributed by atoms with Gasteiger partial charge in [-0.3, -0.25) is 0 Å². The molecule has 3 heteroatoms. The van der Waals surface area contributed by atoms with Crippen molar-refractivity contribution in [3.8, 4) is 11.1 Å². The third kappa shape index (κ3) is 3.49. The van der Waals surface area contributed by atoms with Crippen LogP contribution in [-0.4, -0.2) is 12.6 Å². The zero-order chi connectivity index (χ0) is 10.6. The van der Waals surface area contributed by atoms with Crippen LogP contribution in [0, 0.1) is 0 Å². The molecule has 0 aliphatic heterocycles. The average Bonchev–Trinajstić information content (AvgIpc) is 2.75. The van der Waals surface area contributed by atoms with Crippen LogP contribution >= 0.6 is 22.6 Å². The topological polar surface area (TPSA) is 26.3 Å². The van der Waals surface area contributed by atoms with Crippen LogP contribution in [0.1, 0.15) is 6.92 Å². The highest BCUT2D eigenvalue weighted by Gasteiger charge is 2.06. The second kappa shape index (κ2) is 5.14. The van der Waals surface area contributed by atoms with Crippen molar-refractivity contribution in [3.05, 3.63) is 34.4 Å². The van der Waals surface area contributed by atoms with Gasteiger partial charge in [-0.1, -0.05) is 24.8 Å². The lowest BCUT2D eigenvalue weighted by molar-refractivity contribution is -0.137. The molecular formula is C11H11IO2. The molecule has 0 radical (unpaired) electrons. The predicted octanol–water partition coefficient (Wildman–Crippen LogP) is 3.17. The Balaban J connectivity index is 0.000000143. The highest BCUT2D eigenvalue weighted by atomic mass is 127. The number of benzene rings is 1. The molecule has 0 aromatic rings. The van der Waals surface area contributed by atoms with E-state index in [1.165, 1.54) is 11.1 Å². The van der Waals surface area contributed by atoms with Crippen LogP contribution in [0.4, 0.5) is 0 Å². The predicted molar refractivity (Wildman–Crippen MR) is 65.2 cm³/mol. The molecule has 0 saturated carbocycles. The molecule has 0 aromatic heterocycles. The van der Waals surface area contributed by atoms with E-state index in [4.69, 9.17) is 0 Å². The molecule has 0 spiro atoms. The number of fused-ring (bicyclic) bond motifs is 1. The molecular weight excluding hydrogens is 291 g/mol. The summed E-state index contributed by atoms with van der Waals surface area (Å²) >= 11 is 1.82. The average molecular weight is 302 g/mol. The van der Waals surface area contributed by atoms with Crippen LogP contribution in [0.3, 0.4) is 0 Å². The van der Waals surface area contributed by atoms with Crippen LogP contribution in [0.25, 0.3) is 11.1 Å².